The predicted octanol–water partition coefficient (Wildman–Crippen LogP) is 4.59. The Morgan fingerprint density at radius 3 is 2.48 bits per heavy atom. The molecular formula is C25H34N6O2. The van der Waals surface area contributed by atoms with Crippen molar-refractivity contribution in [1.29, 1.82) is 0 Å². The van der Waals surface area contributed by atoms with Crippen molar-refractivity contribution in [2.24, 2.45) is 0 Å². The molecule has 4 rings (SSSR count). The Kier molecular flexibility index (Phi) is 8.43. The molecule has 1 aromatic heterocycles. The average molecular weight is 451 g/mol. The Balaban J connectivity index is 0.000000555. The summed E-state index contributed by atoms with van der Waals surface area (Å²) in [7, 11) is 7.33. The molecule has 1 aliphatic rings. The lowest BCUT2D eigenvalue weighted by Gasteiger charge is -2.29. The van der Waals surface area contributed by atoms with Crippen molar-refractivity contribution >= 4 is 23.3 Å². The summed E-state index contributed by atoms with van der Waals surface area (Å²) in [5.41, 5.74) is 4.54. The number of hydrogen-bond acceptors (Lipinski definition) is 8. The molecule has 2 aromatic carbocycles. The van der Waals surface area contributed by atoms with Crippen LogP contribution in [0.3, 0.4) is 0 Å². The lowest BCUT2D eigenvalue weighted by molar-refractivity contribution is 0.355. The van der Waals surface area contributed by atoms with Gasteiger partial charge in [-0.1, -0.05) is 19.1 Å². The molecule has 176 valence electrons. The number of anilines is 4. The van der Waals surface area contributed by atoms with Crippen LogP contribution in [-0.2, 0) is 6.42 Å². The molecule has 0 fully saturated rings. The first-order valence-electron chi connectivity index (χ1n) is 11.1. The number of ether oxygens (including phenoxy) is 2. The number of hydrogen-bond donors (Lipinski definition) is 1. The highest BCUT2D eigenvalue weighted by Crippen LogP contribution is 2.33. The summed E-state index contributed by atoms with van der Waals surface area (Å²) >= 11 is 0. The molecule has 0 unspecified atom stereocenters. The van der Waals surface area contributed by atoms with Gasteiger partial charge in [-0.15, -0.1) is 0 Å². The molecule has 8 heteroatoms. The highest BCUT2D eigenvalue weighted by atomic mass is 16.5. The summed E-state index contributed by atoms with van der Waals surface area (Å²) in [6.07, 6.45) is 3.68. The van der Waals surface area contributed by atoms with Gasteiger partial charge in [-0.05, 0) is 69.7 Å². The van der Waals surface area contributed by atoms with Crippen LogP contribution < -0.4 is 19.7 Å². The second-order valence-corrected chi connectivity index (χ2v) is 8.09. The van der Waals surface area contributed by atoms with Crippen molar-refractivity contribution in [2.75, 3.05) is 51.6 Å². The fourth-order valence-electron chi connectivity index (χ4n) is 3.41. The molecule has 1 N–H and O–H groups in total. The zero-order valence-electron chi connectivity index (χ0n) is 20.4. The maximum atomic E-state index is 5.36. The van der Waals surface area contributed by atoms with E-state index >= 15 is 0 Å². The number of methoxy groups -OCH3 is 2. The van der Waals surface area contributed by atoms with Gasteiger partial charge in [-0.25, -0.2) is 9.97 Å². The Morgan fingerprint density at radius 2 is 1.79 bits per heavy atom. The van der Waals surface area contributed by atoms with Gasteiger partial charge in [0.05, 0.1) is 14.2 Å². The van der Waals surface area contributed by atoms with Crippen LogP contribution in [0.1, 0.15) is 24.5 Å². The van der Waals surface area contributed by atoms with Gasteiger partial charge in [0.25, 0.3) is 0 Å². The van der Waals surface area contributed by atoms with Crippen molar-refractivity contribution in [1.82, 2.24) is 19.9 Å². The van der Waals surface area contributed by atoms with Gasteiger partial charge in [-0.2, -0.15) is 4.98 Å². The average Bonchev–Trinajstić information content (AvgIpc) is 2.84. The van der Waals surface area contributed by atoms with Crippen molar-refractivity contribution in [3.05, 3.63) is 53.9 Å². The highest BCUT2D eigenvalue weighted by molar-refractivity contribution is 5.66. The first kappa shape index (κ1) is 24.3. The quantitative estimate of drug-likeness (QED) is 0.584. The van der Waals surface area contributed by atoms with Crippen LogP contribution in [0, 0.1) is 6.92 Å². The predicted molar refractivity (Wildman–Crippen MR) is 133 cm³/mol. The van der Waals surface area contributed by atoms with Crippen molar-refractivity contribution in [3.8, 4) is 11.5 Å². The molecule has 8 nitrogen and oxygen atoms in total. The van der Waals surface area contributed by atoms with E-state index in [4.69, 9.17) is 9.47 Å². The van der Waals surface area contributed by atoms with Gasteiger partial charge in [-0.3, -0.25) is 0 Å². The van der Waals surface area contributed by atoms with Crippen molar-refractivity contribution in [3.63, 3.8) is 0 Å². The Hall–Kier alpha value is -3.39. The van der Waals surface area contributed by atoms with E-state index in [-0.39, 0.29) is 0 Å². The largest absolute Gasteiger partial charge is 0.493 e. The normalized spacial score (nSPS) is 12.5. The summed E-state index contributed by atoms with van der Waals surface area (Å²) in [4.78, 5) is 17.6. The fourth-order valence-corrected chi connectivity index (χ4v) is 3.41. The monoisotopic (exact) mass is 450 g/mol. The van der Waals surface area contributed by atoms with Gasteiger partial charge >= 0.3 is 0 Å². The van der Waals surface area contributed by atoms with Crippen LogP contribution in [0.25, 0.3) is 0 Å². The second-order valence-electron chi connectivity index (χ2n) is 8.09. The molecule has 2 heterocycles. The van der Waals surface area contributed by atoms with Crippen LogP contribution in [0.4, 0.5) is 23.3 Å². The lowest BCUT2D eigenvalue weighted by Crippen LogP contribution is -2.26. The minimum Gasteiger partial charge on any atom is -0.493 e. The van der Waals surface area contributed by atoms with E-state index in [1.807, 2.05) is 18.2 Å². The molecule has 33 heavy (non-hydrogen) atoms. The summed E-state index contributed by atoms with van der Waals surface area (Å²) < 4.78 is 10.6. The molecule has 0 amide bonds. The summed E-state index contributed by atoms with van der Waals surface area (Å²) in [6, 6.07) is 12.1. The van der Waals surface area contributed by atoms with Crippen LogP contribution in [0.15, 0.2) is 42.7 Å². The topological polar surface area (TPSA) is 75.6 Å². The third kappa shape index (κ3) is 6.32. The number of benzene rings is 2. The van der Waals surface area contributed by atoms with E-state index in [1.54, 1.807) is 14.2 Å². The van der Waals surface area contributed by atoms with Crippen LogP contribution in [0.2, 0.25) is 0 Å². The number of rotatable bonds is 6. The van der Waals surface area contributed by atoms with Crippen LogP contribution in [0.5, 0.6) is 11.5 Å². The van der Waals surface area contributed by atoms with Crippen molar-refractivity contribution < 1.29 is 9.47 Å². The van der Waals surface area contributed by atoms with Crippen LogP contribution in [-0.4, -0.2) is 61.3 Å². The third-order valence-corrected chi connectivity index (χ3v) is 5.43. The maximum Gasteiger partial charge on any atom is 0.234 e. The maximum absolute atomic E-state index is 5.36. The minimum absolute atomic E-state index is 0.483. The molecule has 0 saturated carbocycles. The SMILES string of the molecule is CCN(C)C.COc1ccc(Nc2ncnc(N3CCCc4ccc(C)cc43)n2)cc1OC. The Morgan fingerprint density at radius 1 is 1.03 bits per heavy atom. The van der Waals surface area contributed by atoms with Crippen molar-refractivity contribution in [2.45, 2.75) is 26.7 Å². The van der Waals surface area contributed by atoms with E-state index in [1.165, 1.54) is 23.1 Å². The highest BCUT2D eigenvalue weighted by Gasteiger charge is 2.21. The molecule has 0 aliphatic carbocycles. The van der Waals surface area contributed by atoms with Gasteiger partial charge in [0, 0.05) is 24.0 Å². The zero-order valence-corrected chi connectivity index (χ0v) is 20.4. The Labute approximate surface area is 196 Å². The minimum atomic E-state index is 0.483. The van der Waals surface area contributed by atoms with Gasteiger partial charge in [0.15, 0.2) is 11.5 Å². The first-order chi connectivity index (χ1) is 15.9. The molecular weight excluding hydrogens is 416 g/mol. The van der Waals surface area contributed by atoms with E-state index in [9.17, 15) is 0 Å². The molecule has 3 aromatic rings. The number of fused-ring (bicyclic) bond motifs is 1. The third-order valence-electron chi connectivity index (χ3n) is 5.43. The number of aromatic nitrogens is 3. The van der Waals surface area contributed by atoms with Gasteiger partial charge in [0.1, 0.15) is 6.33 Å². The first-order valence-corrected chi connectivity index (χ1v) is 11.1. The van der Waals surface area contributed by atoms with Gasteiger partial charge in [0.2, 0.25) is 11.9 Å². The summed E-state index contributed by atoms with van der Waals surface area (Å²) in [6.45, 7) is 6.25. The van der Waals surface area contributed by atoms with E-state index in [0.29, 0.717) is 23.4 Å². The smallest absolute Gasteiger partial charge is 0.234 e. The van der Waals surface area contributed by atoms with Crippen LogP contribution >= 0.6 is 0 Å². The standard InChI is InChI=1S/C21H23N5O2.C4H11N/c1-14-6-7-15-5-4-10-26(17(15)11-14)21-23-13-22-20(25-21)24-16-8-9-18(27-2)19(12-16)28-3;1-4-5(2)3/h6-9,11-13H,4-5,10H2,1-3H3,(H,22,23,24,25);4H2,1-3H3. The second kappa shape index (κ2) is 11.5. The number of aryl methyl sites for hydroxylation is 2. The molecule has 0 saturated heterocycles. The fraction of sp³-hybridized carbons (Fsp3) is 0.400. The van der Waals surface area contributed by atoms with E-state index in [0.717, 1.165) is 31.6 Å². The summed E-state index contributed by atoms with van der Waals surface area (Å²) in [5.74, 6) is 2.44. The van der Waals surface area contributed by atoms with Gasteiger partial charge < -0.3 is 24.6 Å². The van der Waals surface area contributed by atoms with E-state index < -0.39 is 0 Å². The molecule has 0 spiro atoms. The molecule has 0 atom stereocenters. The number of nitrogens with one attached hydrogen (secondary N) is 1. The molecule has 1 aliphatic heterocycles. The Bertz CT molecular complexity index is 1060. The molecule has 0 radical (unpaired) electrons. The lowest BCUT2D eigenvalue weighted by atomic mass is 10.0. The summed E-state index contributed by atoms with van der Waals surface area (Å²) in [5, 5.41) is 3.22. The van der Waals surface area contributed by atoms with E-state index in [2.05, 4.69) is 76.2 Å². The molecule has 0 bridgehead atoms. The zero-order chi connectivity index (χ0) is 23.8. The number of nitrogens with zero attached hydrogens (tertiary/aromatic N) is 5.